The van der Waals surface area contributed by atoms with Crippen LogP contribution in [0.5, 0.6) is 0 Å². The van der Waals surface area contributed by atoms with E-state index in [2.05, 4.69) is 100 Å². The topological polar surface area (TPSA) is 3.24 Å². The van der Waals surface area contributed by atoms with Gasteiger partial charge in [0.15, 0.2) is 11.9 Å². The van der Waals surface area contributed by atoms with Crippen LogP contribution in [0.2, 0.25) is 0 Å². The lowest BCUT2D eigenvalue weighted by molar-refractivity contribution is 0.323. The second-order valence-corrected chi connectivity index (χ2v) is 9.42. The smallest absolute Gasteiger partial charge is 0.200 e. The summed E-state index contributed by atoms with van der Waals surface area (Å²) in [6.45, 7) is 6.89. The van der Waals surface area contributed by atoms with Crippen molar-refractivity contribution in [1.29, 1.82) is 0 Å². The lowest BCUT2D eigenvalue weighted by atomic mass is 9.81. The van der Waals surface area contributed by atoms with Crippen molar-refractivity contribution in [3.05, 3.63) is 88.5 Å². The molecular weight excluding hydrogens is 364 g/mol. The van der Waals surface area contributed by atoms with Crippen LogP contribution in [0.15, 0.2) is 60.7 Å². The van der Waals surface area contributed by atoms with E-state index < -0.39 is 0 Å². The molecule has 0 amide bonds. The minimum atomic E-state index is 0.247. The normalized spacial score (nSPS) is 20.8. The van der Waals surface area contributed by atoms with Crippen molar-refractivity contribution >= 4 is 17.1 Å². The lowest BCUT2D eigenvalue weighted by Crippen LogP contribution is -2.46. The first-order valence-corrected chi connectivity index (χ1v) is 11.4. The summed E-state index contributed by atoms with van der Waals surface area (Å²) >= 11 is 0. The van der Waals surface area contributed by atoms with Crippen molar-refractivity contribution in [2.45, 2.75) is 52.1 Å². The fourth-order valence-corrected chi connectivity index (χ4v) is 5.96. The van der Waals surface area contributed by atoms with E-state index in [0.29, 0.717) is 5.92 Å². The minimum Gasteiger partial charge on any atom is -0.281 e. The predicted octanol–water partition coefficient (Wildman–Crippen LogP) is 7.22. The molecule has 30 heavy (non-hydrogen) atoms. The van der Waals surface area contributed by atoms with Gasteiger partial charge in [0.2, 0.25) is 0 Å². The molecule has 0 bridgehead atoms. The molecule has 0 saturated heterocycles. The Morgan fingerprint density at radius 1 is 0.800 bits per heavy atom. The summed E-state index contributed by atoms with van der Waals surface area (Å²) in [7, 11) is 4.77. The molecule has 0 aromatic heterocycles. The number of benzene rings is 3. The second kappa shape index (κ2) is 6.99. The van der Waals surface area contributed by atoms with Gasteiger partial charge < -0.3 is 0 Å². The Morgan fingerprint density at radius 3 is 2.17 bits per heavy atom. The Bertz CT molecular complexity index is 1110. The first-order chi connectivity index (χ1) is 14.5. The zero-order chi connectivity index (χ0) is 21.0. The number of fused-ring (bicyclic) bond motifs is 2. The Hall–Kier alpha value is -2.58. The van der Waals surface area contributed by atoms with Gasteiger partial charge in [-0.15, -0.1) is 0 Å². The quantitative estimate of drug-likeness (QED) is 0.420. The molecule has 2 heteroatoms. The molecule has 3 aromatic carbocycles. The Balaban J connectivity index is 1.87. The molecule has 0 radical (unpaired) electrons. The highest BCUT2D eigenvalue weighted by Crippen LogP contribution is 2.61. The monoisotopic (exact) mass is 397 g/mol. The summed E-state index contributed by atoms with van der Waals surface area (Å²) in [6.07, 6.45) is 3.68. The number of rotatable bonds is 4. The van der Waals surface area contributed by atoms with Crippen LogP contribution in [-0.4, -0.2) is 14.1 Å². The average molecular weight is 398 g/mol. The molecule has 0 saturated carbocycles. The minimum absolute atomic E-state index is 0.247. The van der Waals surface area contributed by atoms with Gasteiger partial charge in [-0.05, 0) is 42.0 Å². The van der Waals surface area contributed by atoms with Crippen LogP contribution in [0.3, 0.4) is 0 Å². The van der Waals surface area contributed by atoms with Crippen molar-refractivity contribution < 1.29 is 0 Å². The summed E-state index contributed by atoms with van der Waals surface area (Å²) in [5.41, 5.74) is 11.7. The van der Waals surface area contributed by atoms with Gasteiger partial charge in [0.25, 0.3) is 0 Å². The molecule has 2 atom stereocenters. The molecule has 0 N–H and O–H groups in total. The number of para-hydroxylation sites is 2. The van der Waals surface area contributed by atoms with E-state index in [1.807, 2.05) is 0 Å². The van der Waals surface area contributed by atoms with Crippen molar-refractivity contribution in [3.8, 4) is 0 Å². The van der Waals surface area contributed by atoms with Gasteiger partial charge in [0, 0.05) is 17.5 Å². The first-order valence-electron chi connectivity index (χ1n) is 11.4. The molecule has 2 nitrogen and oxygen atoms in total. The third-order valence-corrected chi connectivity index (χ3v) is 7.30. The van der Waals surface area contributed by atoms with Crippen molar-refractivity contribution in [1.82, 2.24) is 4.48 Å². The molecule has 2 unspecified atom stereocenters. The zero-order valence-corrected chi connectivity index (χ0v) is 18.9. The number of hydrogen-bond acceptors (Lipinski definition) is 1. The van der Waals surface area contributed by atoms with E-state index in [1.54, 1.807) is 0 Å². The van der Waals surface area contributed by atoms with Crippen LogP contribution in [0.1, 0.15) is 66.6 Å². The van der Waals surface area contributed by atoms with Gasteiger partial charge in [0.1, 0.15) is 5.69 Å². The fraction of sp³-hybridized carbons (Fsp3) is 0.357. The summed E-state index contributed by atoms with van der Waals surface area (Å²) < 4.78 is 0.852. The molecular formula is C28H33N2+. The molecule has 154 valence electrons. The van der Waals surface area contributed by atoms with E-state index in [0.717, 1.165) is 17.3 Å². The molecule has 0 spiro atoms. The highest BCUT2D eigenvalue weighted by molar-refractivity contribution is 5.90. The SMILES string of the molecule is CCCc1cccc2c1N1c3c(cccc3[N+](C)(C)C1c1ccccc1C)C2CC. The van der Waals surface area contributed by atoms with Gasteiger partial charge >= 0.3 is 0 Å². The third kappa shape index (κ3) is 2.53. The number of hydrogen-bond donors (Lipinski definition) is 0. The highest BCUT2D eigenvalue weighted by atomic mass is 15.5. The lowest BCUT2D eigenvalue weighted by Gasteiger charge is -2.40. The molecule has 0 aliphatic carbocycles. The zero-order valence-electron chi connectivity index (χ0n) is 18.9. The average Bonchev–Trinajstić information content (AvgIpc) is 2.97. The number of nitrogens with zero attached hydrogens (tertiary/aromatic N) is 2. The van der Waals surface area contributed by atoms with Crippen molar-refractivity contribution in [2.24, 2.45) is 0 Å². The van der Waals surface area contributed by atoms with Crippen LogP contribution < -0.4 is 9.38 Å². The first kappa shape index (κ1) is 19.4. The summed E-state index contributed by atoms with van der Waals surface area (Å²) in [5.74, 6) is 0.471. The highest BCUT2D eigenvalue weighted by Gasteiger charge is 2.52. The number of anilines is 2. The van der Waals surface area contributed by atoms with Gasteiger partial charge in [-0.2, -0.15) is 0 Å². The fourth-order valence-electron chi connectivity index (χ4n) is 5.96. The van der Waals surface area contributed by atoms with E-state index in [9.17, 15) is 0 Å². The molecule has 3 aromatic rings. The molecule has 5 rings (SSSR count). The van der Waals surface area contributed by atoms with Crippen LogP contribution in [-0.2, 0) is 6.42 Å². The van der Waals surface area contributed by atoms with Gasteiger partial charge in [-0.1, -0.05) is 74.9 Å². The van der Waals surface area contributed by atoms with Crippen LogP contribution >= 0.6 is 0 Å². The summed E-state index contributed by atoms with van der Waals surface area (Å²) in [4.78, 5) is 2.71. The van der Waals surface area contributed by atoms with E-state index in [-0.39, 0.29) is 6.17 Å². The number of aryl methyl sites for hydroxylation is 2. The Kier molecular flexibility index (Phi) is 4.52. The maximum Gasteiger partial charge on any atom is 0.200 e. The Labute approximate surface area is 181 Å². The molecule has 2 aliphatic rings. The van der Waals surface area contributed by atoms with E-state index in [1.165, 1.54) is 51.3 Å². The third-order valence-electron chi connectivity index (χ3n) is 7.30. The van der Waals surface area contributed by atoms with E-state index in [4.69, 9.17) is 0 Å². The summed E-state index contributed by atoms with van der Waals surface area (Å²) in [6, 6.07) is 23.0. The van der Waals surface area contributed by atoms with Crippen LogP contribution in [0.25, 0.3) is 0 Å². The van der Waals surface area contributed by atoms with Gasteiger partial charge in [-0.25, -0.2) is 0 Å². The standard InChI is InChI=1S/C28H33N2/c1-6-12-20-14-10-16-23-21(7-2)24-17-11-18-25-27(24)29(26(20)23)28(30(25,4)5)22-15-9-8-13-19(22)3/h8-11,13-18,21,28H,6-7,12H2,1-5H3/q+1. The molecule has 2 aliphatic heterocycles. The number of quaternary nitrogens is 1. The van der Waals surface area contributed by atoms with Crippen LogP contribution in [0, 0.1) is 6.92 Å². The molecule has 2 heterocycles. The summed E-state index contributed by atoms with van der Waals surface area (Å²) in [5, 5.41) is 0. The van der Waals surface area contributed by atoms with Gasteiger partial charge in [0.05, 0.1) is 19.8 Å². The predicted molar refractivity (Wildman–Crippen MR) is 129 cm³/mol. The second-order valence-electron chi connectivity index (χ2n) is 9.42. The maximum absolute atomic E-state index is 2.71. The van der Waals surface area contributed by atoms with Crippen molar-refractivity contribution in [2.75, 3.05) is 19.0 Å². The van der Waals surface area contributed by atoms with Crippen LogP contribution in [0.4, 0.5) is 17.1 Å². The largest absolute Gasteiger partial charge is 0.281 e. The molecule has 0 fully saturated rings. The maximum atomic E-state index is 2.71. The van der Waals surface area contributed by atoms with Crippen molar-refractivity contribution in [3.63, 3.8) is 0 Å². The van der Waals surface area contributed by atoms with E-state index >= 15 is 0 Å². The van der Waals surface area contributed by atoms with Gasteiger partial charge in [-0.3, -0.25) is 9.38 Å². The Morgan fingerprint density at radius 2 is 1.47 bits per heavy atom.